The summed E-state index contributed by atoms with van der Waals surface area (Å²) < 4.78 is 7.30. The Labute approximate surface area is 143 Å². The zero-order chi connectivity index (χ0) is 16.8. The van der Waals surface area contributed by atoms with E-state index in [1.54, 1.807) is 18.9 Å². The monoisotopic (exact) mass is 331 g/mol. The molecular weight excluding hydrogens is 306 g/mol. The highest BCUT2D eigenvalue weighted by molar-refractivity contribution is 8.00. The first kappa shape index (κ1) is 17.8. The highest BCUT2D eigenvalue weighted by Gasteiger charge is 2.17. The van der Waals surface area contributed by atoms with Gasteiger partial charge in [-0.05, 0) is 32.4 Å². The highest BCUT2D eigenvalue weighted by Crippen LogP contribution is 2.29. The molecule has 0 aliphatic rings. The molecule has 1 aromatic heterocycles. The van der Waals surface area contributed by atoms with Crippen molar-refractivity contribution in [3.05, 3.63) is 58.9 Å². The lowest BCUT2D eigenvalue weighted by Crippen LogP contribution is -2.10. The third-order valence-corrected chi connectivity index (χ3v) is 5.33. The van der Waals surface area contributed by atoms with E-state index in [2.05, 4.69) is 23.6 Å². The van der Waals surface area contributed by atoms with Gasteiger partial charge in [-0.25, -0.2) is 0 Å². The maximum atomic E-state index is 12.6. The van der Waals surface area contributed by atoms with Crippen LogP contribution in [0.1, 0.15) is 39.5 Å². The number of aromatic nitrogens is 1. The number of carbonyl (C=O) groups is 1. The van der Waals surface area contributed by atoms with Gasteiger partial charge in [0, 0.05) is 35.9 Å². The van der Waals surface area contributed by atoms with Crippen molar-refractivity contribution >= 4 is 17.5 Å². The molecule has 0 radical (unpaired) electrons. The van der Waals surface area contributed by atoms with Crippen LogP contribution in [0.2, 0.25) is 0 Å². The van der Waals surface area contributed by atoms with Crippen LogP contribution in [0.4, 0.5) is 0 Å². The van der Waals surface area contributed by atoms with Gasteiger partial charge >= 0.3 is 0 Å². The van der Waals surface area contributed by atoms with E-state index in [-0.39, 0.29) is 5.78 Å². The first-order chi connectivity index (χ1) is 11.0. The van der Waals surface area contributed by atoms with E-state index in [0.29, 0.717) is 17.6 Å². The minimum absolute atomic E-state index is 0.203. The third-order valence-electron chi connectivity index (χ3n) is 4.13. The van der Waals surface area contributed by atoms with Crippen molar-refractivity contribution in [3.63, 3.8) is 0 Å². The van der Waals surface area contributed by atoms with Crippen LogP contribution in [0.3, 0.4) is 0 Å². The van der Waals surface area contributed by atoms with Crippen LogP contribution in [-0.2, 0) is 11.3 Å². The van der Waals surface area contributed by atoms with Gasteiger partial charge in [-0.1, -0.05) is 30.3 Å². The molecule has 0 amide bonds. The third kappa shape index (κ3) is 4.49. The maximum Gasteiger partial charge on any atom is 0.174 e. The molecule has 0 spiro atoms. The number of ketones is 1. The lowest BCUT2D eigenvalue weighted by molar-refractivity contribution is 0.102. The van der Waals surface area contributed by atoms with Gasteiger partial charge in [0.25, 0.3) is 0 Å². The predicted molar refractivity (Wildman–Crippen MR) is 97.4 cm³/mol. The van der Waals surface area contributed by atoms with E-state index >= 15 is 0 Å². The summed E-state index contributed by atoms with van der Waals surface area (Å²) in [7, 11) is 1.70. The number of Topliss-reactive ketones (excluding diaryl/α,β-unsaturated/α-hetero) is 1. The average molecular weight is 331 g/mol. The van der Waals surface area contributed by atoms with Crippen molar-refractivity contribution < 1.29 is 9.53 Å². The van der Waals surface area contributed by atoms with Crippen molar-refractivity contribution in [1.82, 2.24) is 4.57 Å². The Hall–Kier alpha value is -1.52. The van der Waals surface area contributed by atoms with E-state index in [0.717, 1.165) is 23.5 Å². The molecule has 4 heteroatoms. The van der Waals surface area contributed by atoms with Crippen molar-refractivity contribution in [3.8, 4) is 0 Å². The Kier molecular flexibility index (Phi) is 6.48. The lowest BCUT2D eigenvalue weighted by Gasteiger charge is -2.11. The second kappa shape index (κ2) is 8.37. The van der Waals surface area contributed by atoms with Crippen molar-refractivity contribution in [2.24, 2.45) is 0 Å². The van der Waals surface area contributed by atoms with Crippen molar-refractivity contribution in [2.45, 2.75) is 32.6 Å². The summed E-state index contributed by atoms with van der Waals surface area (Å²) in [4.78, 5) is 12.6. The molecule has 2 aromatic rings. The average Bonchev–Trinajstić information content (AvgIpc) is 2.85. The van der Waals surface area contributed by atoms with E-state index in [4.69, 9.17) is 4.74 Å². The van der Waals surface area contributed by atoms with Crippen LogP contribution < -0.4 is 0 Å². The molecule has 0 N–H and O–H groups in total. The van der Waals surface area contributed by atoms with E-state index in [1.807, 2.05) is 38.1 Å². The number of benzene rings is 1. The van der Waals surface area contributed by atoms with E-state index in [1.165, 1.54) is 5.56 Å². The van der Waals surface area contributed by atoms with Gasteiger partial charge in [-0.15, -0.1) is 11.8 Å². The summed E-state index contributed by atoms with van der Waals surface area (Å²) in [6.45, 7) is 7.65. The number of rotatable bonds is 8. The van der Waals surface area contributed by atoms with Crippen LogP contribution in [0.15, 0.2) is 36.4 Å². The fraction of sp³-hybridized carbons (Fsp3) is 0.421. The Morgan fingerprint density at radius 3 is 2.61 bits per heavy atom. The normalized spacial score (nSPS) is 12.3. The zero-order valence-corrected chi connectivity index (χ0v) is 15.2. The summed E-state index contributed by atoms with van der Waals surface area (Å²) in [5.41, 5.74) is 4.25. The number of methoxy groups -OCH3 is 1. The van der Waals surface area contributed by atoms with Gasteiger partial charge in [0.05, 0.1) is 12.4 Å². The molecular formula is C19H25NO2S. The summed E-state index contributed by atoms with van der Waals surface area (Å²) in [5, 5.41) is 0.317. The molecule has 0 bridgehead atoms. The Bertz CT molecular complexity index is 649. The molecule has 1 heterocycles. The van der Waals surface area contributed by atoms with Crippen LogP contribution >= 0.6 is 11.8 Å². The molecule has 3 nitrogen and oxygen atoms in total. The topological polar surface area (TPSA) is 31.2 Å². The maximum absolute atomic E-state index is 12.6. The largest absolute Gasteiger partial charge is 0.383 e. The highest BCUT2D eigenvalue weighted by atomic mass is 32.2. The molecule has 0 saturated heterocycles. The molecule has 0 fully saturated rings. The number of ether oxygens (including phenoxy) is 1. The lowest BCUT2D eigenvalue weighted by atomic mass is 10.2. The summed E-state index contributed by atoms with van der Waals surface area (Å²) >= 11 is 1.69. The SMILES string of the molecule is COCCn1c(C)cc(C(=O)CSC(C)c2ccccc2)c1C. The Morgan fingerprint density at radius 2 is 1.96 bits per heavy atom. The molecule has 1 unspecified atom stereocenters. The molecule has 0 saturated carbocycles. The summed E-state index contributed by atoms with van der Waals surface area (Å²) in [5.74, 6) is 0.708. The second-order valence-electron chi connectivity index (χ2n) is 5.72. The van der Waals surface area contributed by atoms with E-state index in [9.17, 15) is 4.79 Å². The Morgan fingerprint density at radius 1 is 1.26 bits per heavy atom. The van der Waals surface area contributed by atoms with Gasteiger partial charge < -0.3 is 9.30 Å². The molecule has 124 valence electrons. The van der Waals surface area contributed by atoms with Gasteiger partial charge in [-0.3, -0.25) is 4.79 Å². The minimum atomic E-state index is 0.203. The fourth-order valence-electron chi connectivity index (χ4n) is 2.71. The van der Waals surface area contributed by atoms with Gasteiger partial charge in [0.1, 0.15) is 0 Å². The second-order valence-corrected chi connectivity index (χ2v) is 7.05. The molecule has 1 aromatic carbocycles. The summed E-state index contributed by atoms with van der Waals surface area (Å²) in [6.07, 6.45) is 0. The van der Waals surface area contributed by atoms with Gasteiger partial charge in [-0.2, -0.15) is 0 Å². The van der Waals surface area contributed by atoms with Crippen LogP contribution in [0.25, 0.3) is 0 Å². The van der Waals surface area contributed by atoms with Gasteiger partial charge in [0.15, 0.2) is 5.78 Å². The quantitative estimate of drug-likeness (QED) is 0.671. The minimum Gasteiger partial charge on any atom is -0.383 e. The standard InChI is InChI=1S/C19H25NO2S/c1-14-12-18(15(2)20(14)10-11-22-4)19(21)13-23-16(3)17-8-6-5-7-9-17/h5-9,12,16H,10-11,13H2,1-4H3. The van der Waals surface area contributed by atoms with Crippen LogP contribution in [0.5, 0.6) is 0 Å². The molecule has 1 atom stereocenters. The Balaban J connectivity index is 2.01. The molecule has 0 aliphatic carbocycles. The van der Waals surface area contributed by atoms with Crippen LogP contribution in [-0.4, -0.2) is 29.8 Å². The molecule has 2 rings (SSSR count). The van der Waals surface area contributed by atoms with E-state index < -0.39 is 0 Å². The number of thioether (sulfide) groups is 1. The number of hydrogen-bond donors (Lipinski definition) is 0. The number of carbonyl (C=O) groups excluding carboxylic acids is 1. The predicted octanol–water partition coefficient (Wildman–Crippen LogP) is 4.43. The van der Waals surface area contributed by atoms with Gasteiger partial charge in [0.2, 0.25) is 0 Å². The zero-order valence-electron chi connectivity index (χ0n) is 14.3. The summed E-state index contributed by atoms with van der Waals surface area (Å²) in [6, 6.07) is 12.3. The number of nitrogens with zero attached hydrogens (tertiary/aromatic N) is 1. The first-order valence-corrected chi connectivity index (χ1v) is 8.95. The first-order valence-electron chi connectivity index (χ1n) is 7.90. The van der Waals surface area contributed by atoms with Crippen molar-refractivity contribution in [2.75, 3.05) is 19.5 Å². The fourth-order valence-corrected chi connectivity index (χ4v) is 3.62. The van der Waals surface area contributed by atoms with Crippen LogP contribution in [0, 0.1) is 13.8 Å². The van der Waals surface area contributed by atoms with Crippen molar-refractivity contribution in [1.29, 1.82) is 0 Å². The number of aryl methyl sites for hydroxylation is 1. The number of hydrogen-bond acceptors (Lipinski definition) is 3. The molecule has 0 aliphatic heterocycles. The smallest absolute Gasteiger partial charge is 0.174 e. The molecule has 23 heavy (non-hydrogen) atoms.